The van der Waals surface area contributed by atoms with Crippen LogP contribution in [0.3, 0.4) is 0 Å². The van der Waals surface area contributed by atoms with E-state index in [1.54, 1.807) is 0 Å². The zero-order valence-corrected chi connectivity index (χ0v) is 24.4. The Morgan fingerprint density at radius 3 is 2.14 bits per heavy atom. The molecule has 0 amide bonds. The van der Waals surface area contributed by atoms with Crippen molar-refractivity contribution in [3.63, 3.8) is 0 Å². The summed E-state index contributed by atoms with van der Waals surface area (Å²) in [6.07, 6.45) is 15.0. The summed E-state index contributed by atoms with van der Waals surface area (Å²) >= 11 is 0. The Bertz CT molecular complexity index is 1600. The molecule has 5 N–H and O–H groups in total. The molecule has 4 heterocycles. The lowest BCUT2D eigenvalue weighted by atomic mass is 10.2. The number of para-hydroxylation sites is 2. The highest BCUT2D eigenvalue weighted by molar-refractivity contribution is 5.48. The number of aryl methyl sites for hydroxylation is 2. The summed E-state index contributed by atoms with van der Waals surface area (Å²) < 4.78 is 40.6. The van der Waals surface area contributed by atoms with Gasteiger partial charge in [-0.3, -0.25) is 0 Å². The molecule has 2 aromatic carbocycles. The molecule has 0 saturated carbocycles. The SMILES string of the molecule is Nc1ccccc1C1OC=C(OCCn2cc[n+](CCCCc3[nH]cc[n+]3CCOC3=COC(c4ccccc4N)O3)c2)O1. The van der Waals surface area contributed by atoms with Crippen LogP contribution in [0.4, 0.5) is 11.4 Å². The minimum Gasteiger partial charge on any atom is -0.459 e. The van der Waals surface area contributed by atoms with Crippen LogP contribution in [0, 0.1) is 0 Å². The van der Waals surface area contributed by atoms with Crippen molar-refractivity contribution in [2.24, 2.45) is 0 Å². The number of benzene rings is 2. The maximum atomic E-state index is 6.02. The number of hydrogen-bond donors (Lipinski definition) is 3. The first-order chi connectivity index (χ1) is 21.6. The number of anilines is 2. The monoisotopic (exact) mass is 602 g/mol. The molecule has 44 heavy (non-hydrogen) atoms. The number of nitrogen functional groups attached to an aromatic ring is 2. The number of nitrogens with two attached hydrogens (primary N) is 2. The zero-order chi connectivity index (χ0) is 30.1. The van der Waals surface area contributed by atoms with E-state index in [4.69, 9.17) is 39.9 Å². The third-order valence-corrected chi connectivity index (χ3v) is 7.37. The molecule has 2 atom stereocenters. The van der Waals surface area contributed by atoms with E-state index < -0.39 is 12.6 Å². The molecule has 0 saturated heterocycles. The summed E-state index contributed by atoms with van der Waals surface area (Å²) in [6, 6.07) is 14.9. The van der Waals surface area contributed by atoms with Gasteiger partial charge in [0, 0.05) is 17.8 Å². The number of aromatic amines is 1. The molecule has 12 nitrogen and oxygen atoms in total. The Hall–Kier alpha value is -5.26. The lowest BCUT2D eigenvalue weighted by Crippen LogP contribution is -2.38. The maximum Gasteiger partial charge on any atom is 0.319 e. The van der Waals surface area contributed by atoms with Crippen molar-refractivity contribution in [1.29, 1.82) is 0 Å². The molecule has 230 valence electrons. The Labute approximate surface area is 255 Å². The Kier molecular flexibility index (Phi) is 9.05. The van der Waals surface area contributed by atoms with E-state index in [1.165, 1.54) is 12.5 Å². The smallest absolute Gasteiger partial charge is 0.319 e. The molecule has 4 aromatic rings. The third-order valence-electron chi connectivity index (χ3n) is 7.37. The van der Waals surface area contributed by atoms with Gasteiger partial charge in [-0.05, 0) is 37.1 Å². The van der Waals surface area contributed by atoms with Gasteiger partial charge >= 0.3 is 11.9 Å². The quantitative estimate of drug-likeness (QED) is 0.107. The largest absolute Gasteiger partial charge is 0.459 e. The van der Waals surface area contributed by atoms with Crippen LogP contribution in [0.2, 0.25) is 0 Å². The molecule has 12 heteroatoms. The van der Waals surface area contributed by atoms with Gasteiger partial charge in [-0.1, -0.05) is 24.3 Å². The van der Waals surface area contributed by atoms with Crippen LogP contribution in [0.5, 0.6) is 0 Å². The van der Waals surface area contributed by atoms with Gasteiger partial charge in [-0.15, -0.1) is 0 Å². The number of aromatic nitrogens is 4. The van der Waals surface area contributed by atoms with E-state index in [0.29, 0.717) is 49.6 Å². The molecular formula is C32H38N6O6+2. The van der Waals surface area contributed by atoms with Crippen LogP contribution in [0.1, 0.15) is 42.4 Å². The van der Waals surface area contributed by atoms with Gasteiger partial charge in [0.2, 0.25) is 6.33 Å². The van der Waals surface area contributed by atoms with Gasteiger partial charge < -0.3 is 39.9 Å². The van der Waals surface area contributed by atoms with Crippen molar-refractivity contribution in [3.05, 3.63) is 121 Å². The number of unbranched alkanes of at least 4 members (excludes halogenated alkanes) is 1. The van der Waals surface area contributed by atoms with Crippen molar-refractivity contribution >= 4 is 11.4 Å². The van der Waals surface area contributed by atoms with Crippen LogP contribution in [0.15, 0.2) is 104 Å². The highest BCUT2D eigenvalue weighted by Crippen LogP contribution is 2.33. The second-order valence-corrected chi connectivity index (χ2v) is 10.4. The van der Waals surface area contributed by atoms with Crippen LogP contribution in [-0.2, 0) is 54.5 Å². The molecule has 2 aromatic heterocycles. The molecule has 2 unspecified atom stereocenters. The highest BCUT2D eigenvalue weighted by Gasteiger charge is 2.26. The second kappa shape index (κ2) is 13.8. The number of H-pyrrole nitrogens is 1. The Morgan fingerprint density at radius 2 is 1.45 bits per heavy atom. The Balaban J connectivity index is 0.853. The van der Waals surface area contributed by atoms with E-state index in [1.807, 2.05) is 67.1 Å². The summed E-state index contributed by atoms with van der Waals surface area (Å²) in [6.45, 7) is 3.21. The number of rotatable bonds is 15. The minimum absolute atomic E-state index is 0.353. The van der Waals surface area contributed by atoms with E-state index in [0.717, 1.165) is 42.8 Å². The first-order valence-electron chi connectivity index (χ1n) is 14.7. The molecular weight excluding hydrogens is 564 g/mol. The molecule has 6 rings (SSSR count). The molecule has 2 aliphatic rings. The number of imidazole rings is 2. The summed E-state index contributed by atoms with van der Waals surface area (Å²) in [7, 11) is 0. The lowest BCUT2D eigenvalue weighted by molar-refractivity contribution is -0.704. The summed E-state index contributed by atoms with van der Waals surface area (Å²) in [5.41, 5.74) is 14.8. The van der Waals surface area contributed by atoms with Gasteiger partial charge in [-0.2, -0.15) is 0 Å². The van der Waals surface area contributed by atoms with Crippen LogP contribution in [0.25, 0.3) is 0 Å². The average Bonchev–Trinajstić information content (AvgIpc) is 3.85. The Morgan fingerprint density at radius 1 is 0.795 bits per heavy atom. The highest BCUT2D eigenvalue weighted by atomic mass is 16.8. The van der Waals surface area contributed by atoms with E-state index in [-0.39, 0.29) is 0 Å². The molecule has 0 aliphatic carbocycles. The van der Waals surface area contributed by atoms with Crippen LogP contribution < -0.4 is 20.6 Å². The number of nitrogens with one attached hydrogen (secondary N) is 1. The maximum absolute atomic E-state index is 6.02. The number of ether oxygens (including phenoxy) is 6. The fraction of sp³-hybridized carbons (Fsp3) is 0.312. The first-order valence-corrected chi connectivity index (χ1v) is 14.7. The standard InChI is InChI=1S/C32H37N6O6/c33-26-9-3-1-7-24(26)31-41-21-29(43-31)39-19-17-37-16-15-36(23-37)13-6-5-11-28-35-12-14-38(28)18-20-40-30-22-42-32(44-30)25-8-2-4-10-27(25)34/h1-4,7-10,12,14-16,21-23,31-32H,5-6,11,13,17-20,33-34H2/q+1/p+1. The molecule has 2 aliphatic heterocycles. The van der Waals surface area contributed by atoms with E-state index >= 15 is 0 Å². The van der Waals surface area contributed by atoms with E-state index in [2.05, 4.69) is 31.2 Å². The second-order valence-electron chi connectivity index (χ2n) is 10.4. The number of nitrogens with zero attached hydrogens (tertiary/aromatic N) is 3. The summed E-state index contributed by atoms with van der Waals surface area (Å²) in [4.78, 5) is 3.35. The topological polar surface area (TPSA) is 136 Å². The molecule has 0 spiro atoms. The van der Waals surface area contributed by atoms with Crippen molar-refractivity contribution < 1.29 is 37.6 Å². The summed E-state index contributed by atoms with van der Waals surface area (Å²) in [5, 5.41) is 0. The summed E-state index contributed by atoms with van der Waals surface area (Å²) in [5.74, 6) is 1.86. The van der Waals surface area contributed by atoms with Gasteiger partial charge in [-0.25, -0.2) is 18.7 Å². The fourth-order valence-corrected chi connectivity index (χ4v) is 5.03. The lowest BCUT2D eigenvalue weighted by Gasteiger charge is -2.13. The van der Waals surface area contributed by atoms with Crippen LogP contribution in [-0.4, -0.2) is 22.8 Å². The minimum atomic E-state index is -0.585. The molecule has 0 fully saturated rings. The predicted octanol–water partition coefficient (Wildman–Crippen LogP) is 3.70. The first kappa shape index (κ1) is 28.8. The van der Waals surface area contributed by atoms with Crippen LogP contribution >= 0.6 is 0 Å². The van der Waals surface area contributed by atoms with Gasteiger partial charge in [0.1, 0.15) is 51.1 Å². The van der Waals surface area contributed by atoms with Gasteiger partial charge in [0.25, 0.3) is 18.4 Å². The van der Waals surface area contributed by atoms with Crippen molar-refractivity contribution in [2.45, 2.75) is 51.5 Å². The zero-order valence-electron chi connectivity index (χ0n) is 24.4. The normalized spacial score (nSPS) is 17.2. The third kappa shape index (κ3) is 7.20. The molecule has 0 radical (unpaired) electrons. The van der Waals surface area contributed by atoms with Crippen molar-refractivity contribution in [2.75, 3.05) is 24.7 Å². The predicted molar refractivity (Wildman–Crippen MR) is 158 cm³/mol. The van der Waals surface area contributed by atoms with Crippen molar-refractivity contribution in [3.8, 4) is 0 Å². The average molecular weight is 603 g/mol. The molecule has 0 bridgehead atoms. The number of hydrogen-bond acceptors (Lipinski definition) is 8. The van der Waals surface area contributed by atoms with Crippen molar-refractivity contribution in [1.82, 2.24) is 9.55 Å². The fourth-order valence-electron chi connectivity index (χ4n) is 5.03. The van der Waals surface area contributed by atoms with Gasteiger partial charge in [0.05, 0.1) is 17.7 Å². The van der Waals surface area contributed by atoms with Gasteiger partial charge in [0.15, 0.2) is 12.5 Å². The van der Waals surface area contributed by atoms with E-state index in [9.17, 15) is 0 Å².